The Morgan fingerprint density at radius 1 is 1.38 bits per heavy atom. The van der Waals surface area contributed by atoms with Gasteiger partial charge in [0.1, 0.15) is 0 Å². The molecule has 1 aromatic rings. The lowest BCUT2D eigenvalue weighted by Crippen LogP contribution is -2.48. The lowest BCUT2D eigenvalue weighted by Gasteiger charge is -2.36. The van der Waals surface area contributed by atoms with E-state index in [4.69, 9.17) is 5.73 Å². The quantitative estimate of drug-likeness (QED) is 0.871. The highest BCUT2D eigenvalue weighted by Crippen LogP contribution is 2.31. The van der Waals surface area contributed by atoms with Gasteiger partial charge >= 0.3 is 0 Å². The lowest BCUT2D eigenvalue weighted by molar-refractivity contribution is 0.148. The van der Waals surface area contributed by atoms with E-state index in [1.165, 1.54) is 37.8 Å². The van der Waals surface area contributed by atoms with Gasteiger partial charge in [-0.15, -0.1) is 0 Å². The largest absolute Gasteiger partial charge is 0.327 e. The van der Waals surface area contributed by atoms with E-state index in [0.29, 0.717) is 6.04 Å². The van der Waals surface area contributed by atoms with Gasteiger partial charge in [-0.05, 0) is 54.0 Å². The maximum atomic E-state index is 6.17. The van der Waals surface area contributed by atoms with Gasteiger partial charge in [0.2, 0.25) is 0 Å². The van der Waals surface area contributed by atoms with Gasteiger partial charge in [-0.3, -0.25) is 4.90 Å². The third-order valence-corrected chi connectivity index (χ3v) is 4.50. The number of piperidine rings is 1. The molecular weight excluding hydrogens is 216 g/mol. The fourth-order valence-electron chi connectivity index (χ4n) is 2.91. The van der Waals surface area contributed by atoms with Crippen molar-refractivity contribution in [3.63, 3.8) is 0 Å². The van der Waals surface area contributed by atoms with Gasteiger partial charge in [0, 0.05) is 25.2 Å². The predicted octanol–water partition coefficient (Wildman–Crippen LogP) is 2.10. The molecular formula is C13H20N2S. The molecule has 1 saturated heterocycles. The van der Waals surface area contributed by atoms with Gasteiger partial charge in [-0.1, -0.05) is 0 Å². The van der Waals surface area contributed by atoms with Crippen molar-refractivity contribution in [1.82, 2.24) is 4.90 Å². The first-order chi connectivity index (χ1) is 7.81. The highest BCUT2D eigenvalue weighted by atomic mass is 32.1. The molecule has 1 aliphatic heterocycles. The predicted molar refractivity (Wildman–Crippen MR) is 68.7 cm³/mol. The minimum absolute atomic E-state index is 0.401. The van der Waals surface area contributed by atoms with Gasteiger partial charge in [-0.2, -0.15) is 11.3 Å². The van der Waals surface area contributed by atoms with E-state index in [0.717, 1.165) is 18.5 Å². The van der Waals surface area contributed by atoms with Crippen LogP contribution in [0.25, 0.3) is 0 Å². The molecule has 0 bridgehead atoms. The van der Waals surface area contributed by atoms with Gasteiger partial charge in [0.15, 0.2) is 0 Å². The first-order valence-electron chi connectivity index (χ1n) is 6.32. The van der Waals surface area contributed by atoms with Gasteiger partial charge in [0.05, 0.1) is 0 Å². The van der Waals surface area contributed by atoms with Crippen molar-refractivity contribution < 1.29 is 0 Å². The Kier molecular flexibility index (Phi) is 3.01. The number of nitrogens with two attached hydrogens (primary N) is 1. The molecule has 2 unspecified atom stereocenters. The van der Waals surface area contributed by atoms with E-state index in [-0.39, 0.29) is 0 Å². The fraction of sp³-hybridized carbons (Fsp3) is 0.692. The van der Waals surface area contributed by atoms with Crippen molar-refractivity contribution in [2.75, 3.05) is 13.1 Å². The molecule has 3 heteroatoms. The van der Waals surface area contributed by atoms with Crippen LogP contribution in [-0.2, 0) is 6.42 Å². The molecule has 3 rings (SSSR count). The maximum absolute atomic E-state index is 6.17. The number of hydrogen-bond donors (Lipinski definition) is 1. The topological polar surface area (TPSA) is 29.3 Å². The fourth-order valence-corrected chi connectivity index (χ4v) is 3.59. The van der Waals surface area contributed by atoms with Crippen molar-refractivity contribution in [3.05, 3.63) is 22.4 Å². The summed E-state index contributed by atoms with van der Waals surface area (Å²) in [6.45, 7) is 2.40. The molecule has 2 fully saturated rings. The smallest absolute Gasteiger partial charge is 0.0171 e. The molecule has 2 aliphatic rings. The summed E-state index contributed by atoms with van der Waals surface area (Å²) in [5.74, 6) is 0.777. The minimum atomic E-state index is 0.401. The second-order valence-corrected chi connectivity index (χ2v) is 6.16. The third kappa shape index (κ3) is 2.47. The number of hydrogen-bond acceptors (Lipinski definition) is 3. The Hall–Kier alpha value is -0.380. The summed E-state index contributed by atoms with van der Waals surface area (Å²) in [4.78, 5) is 2.63. The van der Waals surface area contributed by atoms with Crippen molar-refractivity contribution in [2.45, 2.75) is 37.8 Å². The molecule has 1 aliphatic carbocycles. The molecule has 0 radical (unpaired) electrons. The van der Waals surface area contributed by atoms with E-state index < -0.39 is 0 Å². The molecule has 0 aromatic carbocycles. The minimum Gasteiger partial charge on any atom is -0.327 e. The highest BCUT2D eigenvalue weighted by molar-refractivity contribution is 7.07. The summed E-state index contributed by atoms with van der Waals surface area (Å²) in [5, 5.41) is 4.46. The van der Waals surface area contributed by atoms with E-state index in [9.17, 15) is 0 Å². The van der Waals surface area contributed by atoms with Crippen molar-refractivity contribution >= 4 is 11.3 Å². The lowest BCUT2D eigenvalue weighted by atomic mass is 9.90. The summed E-state index contributed by atoms with van der Waals surface area (Å²) < 4.78 is 0. The highest BCUT2D eigenvalue weighted by Gasteiger charge is 2.34. The van der Waals surface area contributed by atoms with Crippen LogP contribution in [0.2, 0.25) is 0 Å². The molecule has 0 amide bonds. The monoisotopic (exact) mass is 236 g/mol. The van der Waals surface area contributed by atoms with Crippen molar-refractivity contribution in [2.24, 2.45) is 11.7 Å². The first-order valence-corrected chi connectivity index (χ1v) is 7.26. The zero-order valence-corrected chi connectivity index (χ0v) is 10.5. The number of thiophene rings is 1. The van der Waals surface area contributed by atoms with Crippen LogP contribution >= 0.6 is 11.3 Å². The Morgan fingerprint density at radius 3 is 2.94 bits per heavy atom. The van der Waals surface area contributed by atoms with E-state index in [2.05, 4.69) is 21.7 Å². The average molecular weight is 236 g/mol. The molecule has 2 N–H and O–H groups in total. The Labute approximate surface area is 101 Å². The Bertz CT molecular complexity index is 332. The Balaban J connectivity index is 1.61. The second kappa shape index (κ2) is 4.47. The Morgan fingerprint density at radius 2 is 2.25 bits per heavy atom. The van der Waals surface area contributed by atoms with Crippen LogP contribution < -0.4 is 5.73 Å². The van der Waals surface area contributed by atoms with E-state index in [1.807, 2.05) is 0 Å². The summed E-state index contributed by atoms with van der Waals surface area (Å²) in [6.07, 6.45) is 5.23. The number of rotatable bonds is 3. The summed E-state index contributed by atoms with van der Waals surface area (Å²) >= 11 is 1.80. The SMILES string of the molecule is NC1CC(Cc2ccsc2)CN(C2CC2)C1. The number of nitrogens with zero attached hydrogens (tertiary/aromatic N) is 1. The second-order valence-electron chi connectivity index (χ2n) is 5.38. The maximum Gasteiger partial charge on any atom is 0.0171 e. The van der Waals surface area contributed by atoms with Crippen LogP contribution in [0.5, 0.6) is 0 Å². The standard InChI is InChI=1S/C13H20N2S/c14-12-6-11(5-10-3-4-16-9-10)7-15(8-12)13-1-2-13/h3-4,9,11-13H,1-2,5-8,14H2. The van der Waals surface area contributed by atoms with Crippen molar-refractivity contribution in [3.8, 4) is 0 Å². The normalized spacial score (nSPS) is 31.8. The van der Waals surface area contributed by atoms with Crippen LogP contribution in [0.1, 0.15) is 24.8 Å². The molecule has 2 nitrogen and oxygen atoms in total. The molecule has 88 valence electrons. The molecule has 0 spiro atoms. The van der Waals surface area contributed by atoms with Crippen LogP contribution in [-0.4, -0.2) is 30.1 Å². The summed E-state index contributed by atoms with van der Waals surface area (Å²) in [5.41, 5.74) is 7.67. The van der Waals surface area contributed by atoms with Crippen LogP contribution in [0.3, 0.4) is 0 Å². The van der Waals surface area contributed by atoms with E-state index in [1.54, 1.807) is 11.3 Å². The molecule has 1 aromatic heterocycles. The molecule has 16 heavy (non-hydrogen) atoms. The summed E-state index contributed by atoms with van der Waals surface area (Å²) in [7, 11) is 0. The van der Waals surface area contributed by atoms with Crippen LogP contribution in [0.15, 0.2) is 16.8 Å². The third-order valence-electron chi connectivity index (χ3n) is 3.77. The van der Waals surface area contributed by atoms with Crippen LogP contribution in [0.4, 0.5) is 0 Å². The van der Waals surface area contributed by atoms with Crippen molar-refractivity contribution in [1.29, 1.82) is 0 Å². The van der Waals surface area contributed by atoms with Crippen LogP contribution in [0, 0.1) is 5.92 Å². The zero-order chi connectivity index (χ0) is 11.0. The molecule has 1 saturated carbocycles. The number of likely N-dealkylation sites (tertiary alicyclic amines) is 1. The van der Waals surface area contributed by atoms with E-state index >= 15 is 0 Å². The van der Waals surface area contributed by atoms with Gasteiger partial charge < -0.3 is 5.73 Å². The molecule has 2 heterocycles. The van der Waals surface area contributed by atoms with Gasteiger partial charge in [0.25, 0.3) is 0 Å². The first kappa shape index (κ1) is 10.8. The zero-order valence-electron chi connectivity index (χ0n) is 9.64. The van der Waals surface area contributed by atoms with Gasteiger partial charge in [-0.25, -0.2) is 0 Å². The summed E-state index contributed by atoms with van der Waals surface area (Å²) in [6, 6.07) is 3.53. The average Bonchev–Trinajstić information content (AvgIpc) is 2.98. The molecule has 2 atom stereocenters.